The molecule has 0 bridgehead atoms. The summed E-state index contributed by atoms with van der Waals surface area (Å²) in [6.45, 7) is 2.34. The topological polar surface area (TPSA) is 91.3 Å². The quantitative estimate of drug-likeness (QED) is 0.443. The first-order valence-electron chi connectivity index (χ1n) is 5.47. The molecule has 1 rings (SSSR count). The second-order valence-corrected chi connectivity index (χ2v) is 4.06. The molecule has 0 N–H and O–H groups in total. The number of hydrogen-bond acceptors (Lipinski definition) is 7. The van der Waals surface area contributed by atoms with Crippen LogP contribution in [-0.2, 0) is 28.7 Å². The SMILES string of the molecule is CON=C1CC(C(=O)Cl)=CC(OC(C)=O)=C1OC(C)=O. The molecule has 1 aliphatic rings. The Morgan fingerprint density at radius 3 is 2.25 bits per heavy atom. The van der Waals surface area contributed by atoms with Crippen LogP contribution in [0.4, 0.5) is 0 Å². The Hall–Kier alpha value is -2.15. The van der Waals surface area contributed by atoms with Crippen LogP contribution in [0.3, 0.4) is 0 Å². The minimum atomic E-state index is -0.736. The highest BCUT2D eigenvalue weighted by Crippen LogP contribution is 2.26. The molecule has 0 saturated carbocycles. The van der Waals surface area contributed by atoms with Crippen molar-refractivity contribution in [1.82, 2.24) is 0 Å². The van der Waals surface area contributed by atoms with E-state index in [4.69, 9.17) is 21.1 Å². The van der Waals surface area contributed by atoms with Gasteiger partial charge in [-0.1, -0.05) is 5.16 Å². The van der Waals surface area contributed by atoms with Gasteiger partial charge in [-0.2, -0.15) is 0 Å². The van der Waals surface area contributed by atoms with Crippen molar-refractivity contribution in [2.75, 3.05) is 7.11 Å². The van der Waals surface area contributed by atoms with E-state index >= 15 is 0 Å². The summed E-state index contributed by atoms with van der Waals surface area (Å²) >= 11 is 5.40. The number of halogens is 1. The first-order chi connectivity index (χ1) is 9.35. The number of allylic oxidation sites excluding steroid dienone is 3. The zero-order valence-corrected chi connectivity index (χ0v) is 11.8. The van der Waals surface area contributed by atoms with Gasteiger partial charge in [0.25, 0.3) is 0 Å². The zero-order valence-electron chi connectivity index (χ0n) is 11.1. The predicted molar refractivity (Wildman–Crippen MR) is 68.6 cm³/mol. The van der Waals surface area contributed by atoms with Gasteiger partial charge in [-0.05, 0) is 17.7 Å². The molecule has 0 fully saturated rings. The molecule has 0 saturated heterocycles. The molecule has 7 nitrogen and oxygen atoms in total. The van der Waals surface area contributed by atoms with E-state index in [2.05, 4.69) is 9.99 Å². The Morgan fingerprint density at radius 2 is 1.80 bits per heavy atom. The van der Waals surface area contributed by atoms with Gasteiger partial charge in [-0.15, -0.1) is 0 Å². The maximum absolute atomic E-state index is 11.2. The van der Waals surface area contributed by atoms with Gasteiger partial charge in [0.05, 0.1) is 0 Å². The van der Waals surface area contributed by atoms with Crippen LogP contribution < -0.4 is 0 Å². The molecule has 0 spiro atoms. The minimum absolute atomic E-state index is 0.0104. The summed E-state index contributed by atoms with van der Waals surface area (Å²) in [4.78, 5) is 38.0. The highest BCUT2D eigenvalue weighted by Gasteiger charge is 2.28. The monoisotopic (exact) mass is 301 g/mol. The van der Waals surface area contributed by atoms with E-state index in [1.54, 1.807) is 0 Å². The molecule has 0 heterocycles. The summed E-state index contributed by atoms with van der Waals surface area (Å²) in [5, 5.41) is 2.91. The Labute approximate surface area is 119 Å². The fourth-order valence-corrected chi connectivity index (χ4v) is 1.59. The number of oxime groups is 1. The molecule has 0 atom stereocenters. The molecular formula is C12H12ClNO6. The van der Waals surface area contributed by atoms with E-state index in [1.807, 2.05) is 0 Å². The molecule has 0 aromatic rings. The van der Waals surface area contributed by atoms with E-state index in [-0.39, 0.29) is 29.2 Å². The van der Waals surface area contributed by atoms with Crippen LogP contribution in [0.15, 0.2) is 28.3 Å². The van der Waals surface area contributed by atoms with Crippen LogP contribution >= 0.6 is 11.6 Å². The lowest BCUT2D eigenvalue weighted by atomic mass is 10.0. The number of carbonyl (C=O) groups excluding carboxylic acids is 3. The lowest BCUT2D eigenvalue weighted by molar-refractivity contribution is -0.140. The molecule has 20 heavy (non-hydrogen) atoms. The van der Waals surface area contributed by atoms with Gasteiger partial charge in [0.15, 0.2) is 11.5 Å². The van der Waals surface area contributed by atoms with Gasteiger partial charge < -0.3 is 14.3 Å². The van der Waals surface area contributed by atoms with E-state index < -0.39 is 17.2 Å². The maximum atomic E-state index is 11.2. The van der Waals surface area contributed by atoms with Crippen molar-refractivity contribution in [2.24, 2.45) is 5.16 Å². The van der Waals surface area contributed by atoms with Gasteiger partial charge in [-0.3, -0.25) is 14.4 Å². The Morgan fingerprint density at radius 1 is 1.20 bits per heavy atom. The molecule has 0 aromatic heterocycles. The van der Waals surface area contributed by atoms with Crippen molar-refractivity contribution in [3.05, 3.63) is 23.2 Å². The average molecular weight is 302 g/mol. The zero-order chi connectivity index (χ0) is 15.3. The van der Waals surface area contributed by atoms with Gasteiger partial charge in [0.1, 0.15) is 12.8 Å². The second-order valence-electron chi connectivity index (χ2n) is 3.72. The van der Waals surface area contributed by atoms with Crippen LogP contribution in [0.5, 0.6) is 0 Å². The van der Waals surface area contributed by atoms with Gasteiger partial charge in [-0.25, -0.2) is 0 Å². The summed E-state index contributed by atoms with van der Waals surface area (Å²) in [5.41, 5.74) is 0.250. The highest BCUT2D eigenvalue weighted by molar-refractivity contribution is 6.68. The number of rotatable bonds is 4. The van der Waals surface area contributed by atoms with Crippen LogP contribution in [0.2, 0.25) is 0 Å². The van der Waals surface area contributed by atoms with Crippen molar-refractivity contribution in [1.29, 1.82) is 0 Å². The smallest absolute Gasteiger partial charge is 0.308 e. The van der Waals surface area contributed by atoms with E-state index in [0.717, 1.165) is 6.92 Å². The summed E-state index contributed by atoms with van der Waals surface area (Å²) < 4.78 is 9.85. The largest absolute Gasteiger partial charge is 0.423 e. The van der Waals surface area contributed by atoms with Crippen molar-refractivity contribution >= 4 is 34.5 Å². The fraction of sp³-hybridized carbons (Fsp3) is 0.333. The minimum Gasteiger partial charge on any atom is -0.423 e. The third-order valence-corrected chi connectivity index (χ3v) is 2.35. The van der Waals surface area contributed by atoms with Gasteiger partial charge in [0.2, 0.25) is 5.24 Å². The van der Waals surface area contributed by atoms with E-state index in [9.17, 15) is 14.4 Å². The second kappa shape index (κ2) is 6.85. The van der Waals surface area contributed by atoms with Crippen molar-refractivity contribution in [3.8, 4) is 0 Å². The third-order valence-electron chi connectivity index (χ3n) is 2.10. The number of hydrogen-bond donors (Lipinski definition) is 0. The summed E-state index contributed by atoms with van der Waals surface area (Å²) in [6.07, 6.45) is 1.22. The van der Waals surface area contributed by atoms with E-state index in [1.165, 1.54) is 20.1 Å². The lowest BCUT2D eigenvalue weighted by Crippen LogP contribution is -2.20. The number of carbonyl (C=O) groups is 3. The van der Waals surface area contributed by atoms with Gasteiger partial charge >= 0.3 is 11.9 Å². The fourth-order valence-electron chi connectivity index (χ4n) is 1.47. The lowest BCUT2D eigenvalue weighted by Gasteiger charge is -2.18. The van der Waals surface area contributed by atoms with Crippen LogP contribution in [0.25, 0.3) is 0 Å². The molecular weight excluding hydrogens is 290 g/mol. The molecule has 0 aromatic carbocycles. The first kappa shape index (κ1) is 15.9. The summed E-state index contributed by atoms with van der Waals surface area (Å²) in [6, 6.07) is 0. The molecule has 108 valence electrons. The van der Waals surface area contributed by atoms with Crippen molar-refractivity contribution in [2.45, 2.75) is 20.3 Å². The average Bonchev–Trinajstić information content (AvgIpc) is 2.31. The van der Waals surface area contributed by atoms with Gasteiger partial charge in [0, 0.05) is 25.8 Å². The third kappa shape index (κ3) is 4.20. The van der Waals surface area contributed by atoms with Crippen LogP contribution in [0, 0.1) is 0 Å². The Balaban J connectivity index is 3.36. The predicted octanol–water partition coefficient (Wildman–Crippen LogP) is 1.42. The number of esters is 2. The van der Waals surface area contributed by atoms with Crippen LogP contribution in [0.1, 0.15) is 20.3 Å². The first-order valence-corrected chi connectivity index (χ1v) is 5.84. The number of ether oxygens (including phenoxy) is 2. The molecule has 0 amide bonds. The van der Waals surface area contributed by atoms with Crippen molar-refractivity contribution < 1.29 is 28.7 Å². The Kier molecular flexibility index (Phi) is 5.45. The molecule has 1 aliphatic carbocycles. The maximum Gasteiger partial charge on any atom is 0.308 e. The van der Waals surface area contributed by atoms with Crippen molar-refractivity contribution in [3.63, 3.8) is 0 Å². The summed E-state index contributed by atoms with van der Waals surface area (Å²) in [7, 11) is 1.28. The normalized spacial score (nSPS) is 16.6. The number of nitrogens with zero attached hydrogens (tertiary/aromatic N) is 1. The molecule has 8 heteroatoms. The Bertz CT molecular complexity index is 546. The molecule has 0 unspecified atom stereocenters. The van der Waals surface area contributed by atoms with E-state index in [0.29, 0.717) is 0 Å². The van der Waals surface area contributed by atoms with Crippen LogP contribution in [-0.4, -0.2) is 30.0 Å². The molecule has 0 radical (unpaired) electrons. The highest BCUT2D eigenvalue weighted by atomic mass is 35.5. The molecule has 0 aliphatic heterocycles. The summed E-state index contributed by atoms with van der Waals surface area (Å²) in [5.74, 6) is -1.50. The standard InChI is InChI=1S/C12H12ClNO6/c1-6(15)19-10-5-8(12(13)17)4-9(14-18-3)11(10)20-7(2)16/h5H,4H2,1-3H3.